The van der Waals surface area contributed by atoms with Gasteiger partial charge in [-0.2, -0.15) is 0 Å². The number of hydrogen-bond donors (Lipinski definition) is 2. The van der Waals surface area contributed by atoms with Gasteiger partial charge in [0.1, 0.15) is 36.6 Å². The molecular formula is C42H60O13. The van der Waals surface area contributed by atoms with E-state index in [-0.39, 0.29) is 98.0 Å². The zero-order valence-corrected chi connectivity index (χ0v) is 32.2. The molecule has 11 aliphatic heterocycles. The van der Waals surface area contributed by atoms with Crippen molar-refractivity contribution in [3.8, 4) is 0 Å². The maximum Gasteiger partial charge on any atom is 0.308 e. The number of fused-ring (bicyclic) bond motifs is 7. The highest BCUT2D eigenvalue weighted by Gasteiger charge is 2.69. The summed E-state index contributed by atoms with van der Waals surface area (Å²) in [5.41, 5.74) is 2.14. The van der Waals surface area contributed by atoms with Crippen molar-refractivity contribution in [2.75, 3.05) is 6.61 Å². The monoisotopic (exact) mass is 772 g/mol. The van der Waals surface area contributed by atoms with E-state index in [0.29, 0.717) is 38.5 Å². The van der Waals surface area contributed by atoms with E-state index >= 15 is 0 Å². The van der Waals surface area contributed by atoms with Crippen molar-refractivity contribution in [2.45, 2.75) is 213 Å². The maximum atomic E-state index is 14.0. The number of esters is 1. The molecule has 1 spiro atoms. The molecule has 0 aromatic carbocycles. The molecular weight excluding hydrogens is 712 g/mol. The molecule has 55 heavy (non-hydrogen) atoms. The first-order valence-electron chi connectivity index (χ1n) is 21.3. The van der Waals surface area contributed by atoms with E-state index in [4.69, 9.17) is 47.4 Å². The highest BCUT2D eigenvalue weighted by atomic mass is 16.8. The smallest absolute Gasteiger partial charge is 0.308 e. The van der Waals surface area contributed by atoms with Gasteiger partial charge < -0.3 is 57.6 Å². The second-order valence-electron chi connectivity index (χ2n) is 18.5. The number of ether oxygens (including phenoxy) is 10. The lowest BCUT2D eigenvalue weighted by molar-refractivity contribution is -0.293. The van der Waals surface area contributed by atoms with Crippen LogP contribution in [0.1, 0.15) is 97.3 Å². The fraction of sp³-hybridized carbons (Fsp3) is 0.881. The molecule has 11 heterocycles. The number of carbonyl (C=O) groups is 1. The number of aliphatic hydroxyl groups is 2. The van der Waals surface area contributed by atoms with Crippen molar-refractivity contribution < 1.29 is 62.4 Å². The summed E-state index contributed by atoms with van der Waals surface area (Å²) < 4.78 is 66.9. The minimum absolute atomic E-state index is 0.00281. The van der Waals surface area contributed by atoms with E-state index in [0.717, 1.165) is 49.7 Å². The van der Waals surface area contributed by atoms with Gasteiger partial charge in [-0.05, 0) is 68.4 Å². The van der Waals surface area contributed by atoms with Gasteiger partial charge in [-0.15, -0.1) is 0 Å². The Labute approximate surface area is 323 Å². The lowest BCUT2D eigenvalue weighted by Crippen LogP contribution is -2.62. The molecule has 11 aliphatic rings. The molecule has 13 nitrogen and oxygen atoms in total. The highest BCUT2D eigenvalue weighted by molar-refractivity contribution is 5.70. The summed E-state index contributed by atoms with van der Waals surface area (Å²) in [6, 6.07) is 0. The largest absolute Gasteiger partial charge is 0.459 e. The lowest BCUT2D eigenvalue weighted by Gasteiger charge is -2.51. The molecule has 306 valence electrons. The Morgan fingerprint density at radius 1 is 0.673 bits per heavy atom. The van der Waals surface area contributed by atoms with Gasteiger partial charge in [-0.25, -0.2) is 0 Å². The summed E-state index contributed by atoms with van der Waals surface area (Å²) in [5, 5.41) is 20.6. The standard InChI is InChI=1S/C42H60O13/c1-19-13-23-5-7-27-20(2)14-25(46-27)9-11-42-18-33-38(54-42)39-40(52-33)41(55-42)37-29(51-39)8-6-24(48-37)15-34(45)53-36-22(4)35-31(16-26(44)28(50-35)10-12-43)49-32(36)17-30(47-23)21(19)3/h19,22-33,35-41,43-44H,2-3,5-18H2,1,4H3/t19-,22+,23+,24-,25?,26-,27?,28-,29+,30?,31?,32+,33-,35+,36?,37+,38+,39+,40-,41+,42+/m1/s1. The molecule has 11 saturated heterocycles. The number of carbonyl (C=O) groups excluding carboxylic acids is 1. The third-order valence-electron chi connectivity index (χ3n) is 14.8. The van der Waals surface area contributed by atoms with Gasteiger partial charge in [0.05, 0.1) is 79.7 Å². The predicted octanol–water partition coefficient (Wildman–Crippen LogP) is 3.59. The molecule has 0 saturated carbocycles. The van der Waals surface area contributed by atoms with Crippen LogP contribution in [0.15, 0.2) is 24.3 Å². The molecule has 0 radical (unpaired) electrons. The zero-order valence-electron chi connectivity index (χ0n) is 32.2. The molecule has 2 N–H and O–H groups in total. The Morgan fingerprint density at radius 2 is 1.42 bits per heavy atom. The van der Waals surface area contributed by atoms with Crippen LogP contribution in [0.2, 0.25) is 0 Å². The summed E-state index contributed by atoms with van der Waals surface area (Å²) in [6.45, 7) is 13.1. The molecule has 13 heteroatoms. The summed E-state index contributed by atoms with van der Waals surface area (Å²) in [6.07, 6.45) is 2.38. The van der Waals surface area contributed by atoms with Gasteiger partial charge in [0.15, 0.2) is 5.79 Å². The van der Waals surface area contributed by atoms with Crippen molar-refractivity contribution in [3.05, 3.63) is 24.3 Å². The van der Waals surface area contributed by atoms with E-state index in [1.807, 2.05) is 6.92 Å². The van der Waals surface area contributed by atoms with Gasteiger partial charge in [0.2, 0.25) is 0 Å². The summed E-state index contributed by atoms with van der Waals surface area (Å²) in [4.78, 5) is 14.0. The topological polar surface area (TPSA) is 150 Å². The normalized spacial score (nSPS) is 54.9. The first kappa shape index (κ1) is 37.8. The third kappa shape index (κ3) is 6.79. The quantitative estimate of drug-likeness (QED) is 0.312. The molecule has 0 aliphatic carbocycles. The Balaban J connectivity index is 0.934. The average Bonchev–Trinajstić information content (AvgIpc) is 3.74. The van der Waals surface area contributed by atoms with E-state index in [9.17, 15) is 15.0 Å². The van der Waals surface area contributed by atoms with Gasteiger partial charge in [-0.3, -0.25) is 4.79 Å². The van der Waals surface area contributed by atoms with Crippen LogP contribution in [0.4, 0.5) is 0 Å². The highest BCUT2D eigenvalue weighted by Crippen LogP contribution is 2.54. The minimum atomic E-state index is -0.808. The van der Waals surface area contributed by atoms with Crippen molar-refractivity contribution in [1.82, 2.24) is 0 Å². The summed E-state index contributed by atoms with van der Waals surface area (Å²) in [7, 11) is 0. The van der Waals surface area contributed by atoms with Gasteiger partial charge in [0.25, 0.3) is 0 Å². The van der Waals surface area contributed by atoms with Gasteiger partial charge >= 0.3 is 5.97 Å². The summed E-state index contributed by atoms with van der Waals surface area (Å²) in [5.74, 6) is -1.18. The molecule has 12 bridgehead atoms. The fourth-order valence-electron chi connectivity index (χ4n) is 11.9. The van der Waals surface area contributed by atoms with Crippen LogP contribution in [0.25, 0.3) is 0 Å². The minimum Gasteiger partial charge on any atom is -0.459 e. The van der Waals surface area contributed by atoms with Gasteiger partial charge in [0, 0.05) is 38.2 Å². The second-order valence-corrected chi connectivity index (χ2v) is 18.5. The molecule has 11 rings (SSSR count). The molecule has 0 aromatic rings. The molecule has 11 fully saturated rings. The number of aliphatic hydroxyl groups excluding tert-OH is 2. The molecule has 0 amide bonds. The van der Waals surface area contributed by atoms with Crippen molar-refractivity contribution in [3.63, 3.8) is 0 Å². The zero-order chi connectivity index (χ0) is 37.7. The van der Waals surface area contributed by atoms with Gasteiger partial charge in [-0.1, -0.05) is 27.0 Å². The molecule has 0 aromatic heterocycles. The molecule has 21 atom stereocenters. The molecule has 5 unspecified atom stereocenters. The maximum absolute atomic E-state index is 14.0. The Morgan fingerprint density at radius 3 is 2.27 bits per heavy atom. The SMILES string of the molecule is C=C1CC2CC[C@@]34C[C@H]5O[C@H]6[C@@H](O3)[C@H]3O[C@H](CC[C@@H]3O[C@H]6[C@H]5O4)CC(=O)OC3[C@H](CC4O[C@@H](CCC1O2)C[C@@H](C)C4=C)OC1C[C@@H](O)[C@@H](CCO)O[C@H]1[C@@H]3C. The fourth-order valence-corrected chi connectivity index (χ4v) is 11.9. The lowest BCUT2D eigenvalue weighted by atomic mass is 9.79. The van der Waals surface area contributed by atoms with Crippen LogP contribution < -0.4 is 0 Å². The Bertz CT molecular complexity index is 1490. The van der Waals surface area contributed by atoms with Crippen LogP contribution in [0.3, 0.4) is 0 Å². The second kappa shape index (κ2) is 14.7. The Hall–Kier alpha value is -1.49. The predicted molar refractivity (Wildman–Crippen MR) is 193 cm³/mol. The van der Waals surface area contributed by atoms with Crippen molar-refractivity contribution >= 4 is 5.97 Å². The number of hydrogen-bond acceptors (Lipinski definition) is 13. The van der Waals surface area contributed by atoms with Crippen molar-refractivity contribution in [1.29, 1.82) is 0 Å². The van der Waals surface area contributed by atoms with E-state index in [1.165, 1.54) is 0 Å². The van der Waals surface area contributed by atoms with Crippen LogP contribution in [-0.4, -0.2) is 138 Å². The number of rotatable bonds is 2. The third-order valence-corrected chi connectivity index (χ3v) is 14.8. The van der Waals surface area contributed by atoms with E-state index in [2.05, 4.69) is 20.1 Å². The first-order chi connectivity index (χ1) is 26.5. The van der Waals surface area contributed by atoms with E-state index < -0.39 is 48.5 Å². The van der Waals surface area contributed by atoms with Crippen molar-refractivity contribution in [2.24, 2.45) is 11.8 Å². The van der Waals surface area contributed by atoms with Crippen LogP contribution in [0, 0.1) is 11.8 Å². The first-order valence-corrected chi connectivity index (χ1v) is 21.3. The van der Waals surface area contributed by atoms with E-state index in [1.54, 1.807) is 0 Å². The summed E-state index contributed by atoms with van der Waals surface area (Å²) >= 11 is 0. The Kier molecular flexibility index (Phi) is 10.1. The average molecular weight is 773 g/mol. The van der Waals surface area contributed by atoms with Crippen LogP contribution in [-0.2, 0) is 52.2 Å². The van der Waals surface area contributed by atoms with Crippen LogP contribution >= 0.6 is 0 Å². The van der Waals surface area contributed by atoms with Crippen LogP contribution in [0.5, 0.6) is 0 Å².